The average Bonchev–Trinajstić information content (AvgIpc) is 2.49. The zero-order valence-corrected chi connectivity index (χ0v) is 14.9. The van der Waals surface area contributed by atoms with Crippen LogP contribution in [0, 0.1) is 13.8 Å². The van der Waals surface area contributed by atoms with E-state index in [0.717, 1.165) is 26.7 Å². The summed E-state index contributed by atoms with van der Waals surface area (Å²) in [5.74, 6) is 0.139. The van der Waals surface area contributed by atoms with Crippen molar-refractivity contribution in [3.63, 3.8) is 0 Å². The van der Waals surface area contributed by atoms with E-state index in [1.54, 1.807) is 13.2 Å². The smallest absolute Gasteiger partial charge is 0.250 e. The number of aryl methyl sites for hydroxylation is 1. The van der Waals surface area contributed by atoms with Gasteiger partial charge in [-0.3, -0.25) is 4.79 Å². The molecule has 0 spiro atoms. The number of hydrogen-bond donors (Lipinski definition) is 2. The second-order valence-electron chi connectivity index (χ2n) is 5.21. The van der Waals surface area contributed by atoms with Crippen LogP contribution < -0.4 is 16.2 Å². The molecule has 0 aliphatic rings. The van der Waals surface area contributed by atoms with E-state index in [-0.39, 0.29) is 12.4 Å². The fraction of sp³-hybridized carbons (Fsp3) is 0.235. The molecule has 6 heteroatoms. The van der Waals surface area contributed by atoms with Crippen molar-refractivity contribution in [1.29, 1.82) is 0 Å². The number of primary amides is 1. The van der Waals surface area contributed by atoms with E-state index in [9.17, 15) is 4.79 Å². The van der Waals surface area contributed by atoms with E-state index in [0.29, 0.717) is 11.4 Å². The lowest BCUT2D eigenvalue weighted by atomic mass is 9.92. The summed E-state index contributed by atoms with van der Waals surface area (Å²) in [6.45, 7) is 4.08. The van der Waals surface area contributed by atoms with Crippen LogP contribution in [-0.2, 0) is 4.74 Å². The summed E-state index contributed by atoms with van der Waals surface area (Å²) in [7, 11) is 1.57. The second-order valence-corrected chi connectivity index (χ2v) is 6.13. The van der Waals surface area contributed by atoms with E-state index in [1.807, 2.05) is 32.0 Å². The molecule has 0 saturated carbocycles. The van der Waals surface area contributed by atoms with Crippen LogP contribution >= 0.6 is 15.9 Å². The Morgan fingerprint density at radius 1 is 1.26 bits per heavy atom. The Labute approximate surface area is 143 Å². The van der Waals surface area contributed by atoms with Crippen molar-refractivity contribution in [3.05, 3.63) is 45.4 Å². The molecular weight excluding hydrogens is 360 g/mol. The SMILES string of the molecule is COCOc1ccc(C)c(-c2cc(Br)cc(C(N)=O)c2N)c1C. The van der Waals surface area contributed by atoms with Gasteiger partial charge in [-0.2, -0.15) is 0 Å². The Balaban J connectivity index is 2.69. The standard InChI is InChI=1S/C17H19BrN2O3/c1-9-4-5-14(23-8-22-3)10(2)15(9)12-6-11(18)7-13(16(12)19)17(20)21/h4-7H,8,19H2,1-3H3,(H2,20,21). The van der Waals surface area contributed by atoms with E-state index in [2.05, 4.69) is 15.9 Å². The Morgan fingerprint density at radius 2 is 1.96 bits per heavy atom. The minimum atomic E-state index is -0.563. The Morgan fingerprint density at radius 3 is 2.57 bits per heavy atom. The minimum Gasteiger partial charge on any atom is -0.467 e. The third-order valence-corrected chi connectivity index (χ3v) is 4.09. The second kappa shape index (κ2) is 7.02. The molecule has 0 aliphatic heterocycles. The predicted molar refractivity (Wildman–Crippen MR) is 94.5 cm³/mol. The number of carbonyl (C=O) groups is 1. The van der Waals surface area contributed by atoms with Gasteiger partial charge in [0.1, 0.15) is 5.75 Å². The highest BCUT2D eigenvalue weighted by atomic mass is 79.9. The summed E-state index contributed by atoms with van der Waals surface area (Å²) in [5.41, 5.74) is 15.9. The number of hydrogen-bond acceptors (Lipinski definition) is 4. The number of benzene rings is 2. The molecule has 0 aromatic heterocycles. The molecule has 2 aromatic carbocycles. The number of halogens is 1. The van der Waals surface area contributed by atoms with E-state index in [1.165, 1.54) is 0 Å². The maximum absolute atomic E-state index is 11.6. The van der Waals surface area contributed by atoms with Crippen LogP contribution in [0.1, 0.15) is 21.5 Å². The topological polar surface area (TPSA) is 87.6 Å². The highest BCUT2D eigenvalue weighted by Gasteiger charge is 2.18. The van der Waals surface area contributed by atoms with Gasteiger partial charge in [0.05, 0.1) is 11.3 Å². The van der Waals surface area contributed by atoms with Gasteiger partial charge < -0.3 is 20.9 Å². The Hall–Kier alpha value is -2.05. The van der Waals surface area contributed by atoms with Crippen LogP contribution in [0.15, 0.2) is 28.7 Å². The zero-order valence-electron chi connectivity index (χ0n) is 13.3. The average molecular weight is 379 g/mol. The fourth-order valence-corrected chi connectivity index (χ4v) is 3.01. The molecule has 0 heterocycles. The number of ether oxygens (including phenoxy) is 2. The summed E-state index contributed by atoms with van der Waals surface area (Å²) in [5, 5.41) is 0. The largest absolute Gasteiger partial charge is 0.467 e. The van der Waals surface area contributed by atoms with E-state index >= 15 is 0 Å². The van der Waals surface area contributed by atoms with Gasteiger partial charge in [-0.05, 0) is 48.7 Å². The van der Waals surface area contributed by atoms with Gasteiger partial charge in [-0.15, -0.1) is 0 Å². The van der Waals surface area contributed by atoms with Gasteiger partial charge in [0.15, 0.2) is 6.79 Å². The first-order chi connectivity index (χ1) is 10.9. The van der Waals surface area contributed by atoms with Crippen molar-refractivity contribution in [2.45, 2.75) is 13.8 Å². The van der Waals surface area contributed by atoms with Gasteiger partial charge >= 0.3 is 0 Å². The third-order valence-electron chi connectivity index (χ3n) is 3.64. The quantitative estimate of drug-likeness (QED) is 0.616. The lowest BCUT2D eigenvalue weighted by molar-refractivity contribution is 0.0506. The molecule has 23 heavy (non-hydrogen) atoms. The molecule has 5 nitrogen and oxygen atoms in total. The Kier molecular flexibility index (Phi) is 5.28. The third kappa shape index (κ3) is 3.48. The van der Waals surface area contributed by atoms with Crippen LogP contribution in [0.4, 0.5) is 5.69 Å². The molecule has 1 amide bonds. The number of methoxy groups -OCH3 is 1. The molecule has 0 aliphatic carbocycles. The van der Waals surface area contributed by atoms with Crippen LogP contribution in [0.5, 0.6) is 5.75 Å². The molecule has 2 rings (SSSR count). The first-order valence-electron chi connectivity index (χ1n) is 6.98. The van der Waals surface area contributed by atoms with Crippen molar-refractivity contribution in [3.8, 4) is 16.9 Å². The maximum Gasteiger partial charge on any atom is 0.250 e. The molecule has 0 saturated heterocycles. The summed E-state index contributed by atoms with van der Waals surface area (Å²) in [4.78, 5) is 11.6. The monoisotopic (exact) mass is 378 g/mol. The van der Waals surface area contributed by atoms with Gasteiger partial charge in [-0.25, -0.2) is 0 Å². The number of anilines is 1. The predicted octanol–water partition coefficient (Wildman–Crippen LogP) is 3.40. The van der Waals surface area contributed by atoms with Crippen molar-refractivity contribution in [1.82, 2.24) is 0 Å². The molecule has 0 bridgehead atoms. The van der Waals surface area contributed by atoms with Crippen molar-refractivity contribution in [2.75, 3.05) is 19.6 Å². The number of nitrogens with two attached hydrogens (primary N) is 2. The molecule has 2 aromatic rings. The van der Waals surface area contributed by atoms with Crippen LogP contribution in [0.25, 0.3) is 11.1 Å². The van der Waals surface area contributed by atoms with Gasteiger partial charge in [0.2, 0.25) is 0 Å². The first kappa shape index (κ1) is 17.3. The normalized spacial score (nSPS) is 10.6. The highest BCUT2D eigenvalue weighted by molar-refractivity contribution is 9.10. The lowest BCUT2D eigenvalue weighted by Gasteiger charge is -2.18. The lowest BCUT2D eigenvalue weighted by Crippen LogP contribution is -2.14. The van der Waals surface area contributed by atoms with Crippen LogP contribution in [-0.4, -0.2) is 19.8 Å². The maximum atomic E-state index is 11.6. The Bertz CT molecular complexity index is 760. The molecule has 0 atom stereocenters. The minimum absolute atomic E-state index is 0.157. The summed E-state index contributed by atoms with van der Waals surface area (Å²) < 4.78 is 11.3. The molecule has 0 radical (unpaired) electrons. The van der Waals surface area contributed by atoms with Gasteiger partial charge in [-0.1, -0.05) is 22.0 Å². The number of amides is 1. The molecule has 0 fully saturated rings. The number of carbonyl (C=O) groups excluding carboxylic acids is 1. The molecule has 0 unspecified atom stereocenters. The van der Waals surface area contributed by atoms with Crippen LogP contribution in [0.2, 0.25) is 0 Å². The highest BCUT2D eigenvalue weighted by Crippen LogP contribution is 2.39. The van der Waals surface area contributed by atoms with E-state index < -0.39 is 5.91 Å². The molecule has 122 valence electrons. The van der Waals surface area contributed by atoms with Crippen LogP contribution in [0.3, 0.4) is 0 Å². The molecule has 4 N–H and O–H groups in total. The van der Waals surface area contributed by atoms with Gasteiger partial charge in [0, 0.05) is 17.1 Å². The number of rotatable bonds is 5. The number of nitrogen functional groups attached to an aromatic ring is 1. The van der Waals surface area contributed by atoms with Crippen molar-refractivity contribution in [2.24, 2.45) is 5.73 Å². The van der Waals surface area contributed by atoms with Gasteiger partial charge in [0.25, 0.3) is 5.91 Å². The molecular formula is C17H19BrN2O3. The zero-order chi connectivity index (χ0) is 17.1. The van der Waals surface area contributed by atoms with E-state index in [4.69, 9.17) is 20.9 Å². The fourth-order valence-electron chi connectivity index (χ4n) is 2.55. The summed E-state index contributed by atoms with van der Waals surface area (Å²) >= 11 is 3.41. The summed E-state index contributed by atoms with van der Waals surface area (Å²) in [6, 6.07) is 7.32. The first-order valence-corrected chi connectivity index (χ1v) is 7.77. The van der Waals surface area contributed by atoms with Crippen molar-refractivity contribution < 1.29 is 14.3 Å². The summed E-state index contributed by atoms with van der Waals surface area (Å²) in [6.07, 6.45) is 0. The van der Waals surface area contributed by atoms with Crippen molar-refractivity contribution >= 4 is 27.5 Å².